The molecule has 1 atom stereocenters. The molecule has 0 fully saturated rings. The highest BCUT2D eigenvalue weighted by molar-refractivity contribution is 6.34. The number of amides is 1. The number of nitrogens with zero attached hydrogens (tertiary/aromatic N) is 2. The second kappa shape index (κ2) is 6.19. The number of likely N-dealkylation sites (N-methyl/N-ethyl adjacent to an activating group) is 1. The predicted octanol–water partition coefficient (Wildman–Crippen LogP) is 2.07. The van der Waals surface area contributed by atoms with Gasteiger partial charge in [-0.2, -0.15) is 0 Å². The third-order valence-electron chi connectivity index (χ3n) is 2.04. The minimum atomic E-state index is -0.313. The summed E-state index contributed by atoms with van der Waals surface area (Å²) in [7, 11) is 3.88. The van der Waals surface area contributed by atoms with E-state index in [0.29, 0.717) is 5.02 Å². The lowest BCUT2D eigenvalue weighted by atomic mass is 10.3. The number of hydrogen-bond acceptors (Lipinski definition) is 3. The highest BCUT2D eigenvalue weighted by Crippen LogP contribution is 2.16. The third-order valence-corrected chi connectivity index (χ3v) is 2.56. The number of carbonyl (C=O) groups is 1. The first-order chi connectivity index (χ1) is 7.90. The van der Waals surface area contributed by atoms with Crippen LogP contribution < -0.4 is 5.32 Å². The Morgan fingerprint density at radius 2 is 2.12 bits per heavy atom. The Hall–Kier alpha value is -0.840. The summed E-state index contributed by atoms with van der Waals surface area (Å²) >= 11 is 11.6. The number of carbonyl (C=O) groups excluding carboxylic acids is 1. The molecule has 1 aromatic rings. The standard InChI is InChI=1S/C11H15Cl2N3O/c1-7(6-16(2)3)14-11(17)10-8(12)4-5-9(13)15-10/h4-5,7H,6H2,1-3H3,(H,14,17). The molecule has 0 bridgehead atoms. The number of pyridine rings is 1. The molecule has 0 aliphatic carbocycles. The molecule has 1 unspecified atom stereocenters. The molecule has 0 aliphatic rings. The molecule has 1 heterocycles. The summed E-state index contributed by atoms with van der Waals surface area (Å²) in [5.41, 5.74) is 0.157. The van der Waals surface area contributed by atoms with Gasteiger partial charge in [0.25, 0.3) is 5.91 Å². The molecule has 0 saturated heterocycles. The van der Waals surface area contributed by atoms with Gasteiger partial charge in [-0.15, -0.1) is 0 Å². The van der Waals surface area contributed by atoms with Crippen molar-refractivity contribution in [1.82, 2.24) is 15.2 Å². The molecular formula is C11H15Cl2N3O. The zero-order valence-electron chi connectivity index (χ0n) is 10.00. The van der Waals surface area contributed by atoms with Crippen molar-refractivity contribution in [2.24, 2.45) is 0 Å². The van der Waals surface area contributed by atoms with Crippen molar-refractivity contribution in [3.8, 4) is 0 Å². The van der Waals surface area contributed by atoms with Crippen LogP contribution in [0.4, 0.5) is 0 Å². The maximum atomic E-state index is 11.9. The SMILES string of the molecule is CC(CN(C)C)NC(=O)c1nc(Cl)ccc1Cl. The van der Waals surface area contributed by atoms with Crippen LogP contribution in [0.2, 0.25) is 10.2 Å². The Morgan fingerprint density at radius 3 is 2.71 bits per heavy atom. The van der Waals surface area contributed by atoms with Gasteiger partial charge in [0, 0.05) is 12.6 Å². The smallest absolute Gasteiger partial charge is 0.271 e. The first kappa shape index (κ1) is 14.2. The summed E-state index contributed by atoms with van der Waals surface area (Å²) in [5, 5.41) is 3.35. The largest absolute Gasteiger partial charge is 0.347 e. The van der Waals surface area contributed by atoms with Crippen LogP contribution in [0.25, 0.3) is 0 Å². The topological polar surface area (TPSA) is 45.2 Å². The Bertz CT molecular complexity index is 410. The van der Waals surface area contributed by atoms with Gasteiger partial charge in [0.2, 0.25) is 0 Å². The average Bonchev–Trinajstić information content (AvgIpc) is 2.20. The lowest BCUT2D eigenvalue weighted by molar-refractivity contribution is 0.0929. The van der Waals surface area contributed by atoms with Gasteiger partial charge in [-0.3, -0.25) is 4.79 Å². The van der Waals surface area contributed by atoms with Crippen molar-refractivity contribution >= 4 is 29.1 Å². The number of halogens is 2. The maximum Gasteiger partial charge on any atom is 0.271 e. The fourth-order valence-corrected chi connectivity index (χ4v) is 1.80. The molecule has 0 aliphatic heterocycles. The van der Waals surface area contributed by atoms with E-state index < -0.39 is 0 Å². The van der Waals surface area contributed by atoms with E-state index in [2.05, 4.69) is 10.3 Å². The molecule has 4 nitrogen and oxygen atoms in total. The summed E-state index contributed by atoms with van der Waals surface area (Å²) in [6, 6.07) is 3.11. The molecule has 0 radical (unpaired) electrons. The minimum Gasteiger partial charge on any atom is -0.347 e. The van der Waals surface area contributed by atoms with E-state index in [0.717, 1.165) is 6.54 Å². The Labute approximate surface area is 111 Å². The summed E-state index contributed by atoms with van der Waals surface area (Å²) in [4.78, 5) is 17.8. The fraction of sp³-hybridized carbons (Fsp3) is 0.455. The molecular weight excluding hydrogens is 261 g/mol. The van der Waals surface area contributed by atoms with Gasteiger partial charge in [-0.05, 0) is 33.2 Å². The highest BCUT2D eigenvalue weighted by atomic mass is 35.5. The number of nitrogens with one attached hydrogen (secondary N) is 1. The van der Waals surface area contributed by atoms with Crippen molar-refractivity contribution in [2.75, 3.05) is 20.6 Å². The van der Waals surface area contributed by atoms with Gasteiger partial charge in [0.15, 0.2) is 0 Å². The Balaban J connectivity index is 2.73. The van der Waals surface area contributed by atoms with Crippen LogP contribution in [0, 0.1) is 0 Å². The quantitative estimate of drug-likeness (QED) is 0.856. The Kier molecular flexibility index (Phi) is 5.18. The van der Waals surface area contributed by atoms with Crippen LogP contribution in [0.15, 0.2) is 12.1 Å². The molecule has 0 spiro atoms. The molecule has 1 amide bonds. The molecule has 0 aromatic carbocycles. The summed E-state index contributed by atoms with van der Waals surface area (Å²) < 4.78 is 0. The normalized spacial score (nSPS) is 12.6. The van der Waals surface area contributed by atoms with E-state index in [1.165, 1.54) is 0 Å². The van der Waals surface area contributed by atoms with E-state index in [9.17, 15) is 4.79 Å². The molecule has 0 saturated carbocycles. The van der Waals surface area contributed by atoms with Crippen LogP contribution in [0.3, 0.4) is 0 Å². The van der Waals surface area contributed by atoms with Crippen LogP contribution in [0.5, 0.6) is 0 Å². The van der Waals surface area contributed by atoms with Crippen molar-refractivity contribution in [3.63, 3.8) is 0 Å². The predicted molar refractivity (Wildman–Crippen MR) is 69.7 cm³/mol. The third kappa shape index (κ3) is 4.50. The average molecular weight is 276 g/mol. The lowest BCUT2D eigenvalue weighted by Crippen LogP contribution is -2.39. The zero-order valence-corrected chi connectivity index (χ0v) is 11.5. The second-order valence-corrected chi connectivity index (χ2v) is 4.90. The molecule has 1 N–H and O–H groups in total. The maximum absolute atomic E-state index is 11.9. The zero-order chi connectivity index (χ0) is 13.0. The van der Waals surface area contributed by atoms with Gasteiger partial charge in [0.05, 0.1) is 5.02 Å². The molecule has 94 valence electrons. The van der Waals surface area contributed by atoms with Gasteiger partial charge < -0.3 is 10.2 Å². The second-order valence-electron chi connectivity index (χ2n) is 4.10. The van der Waals surface area contributed by atoms with E-state index >= 15 is 0 Å². The van der Waals surface area contributed by atoms with Gasteiger partial charge >= 0.3 is 0 Å². The summed E-state index contributed by atoms with van der Waals surface area (Å²) in [6.07, 6.45) is 0. The van der Waals surface area contributed by atoms with Crippen molar-refractivity contribution < 1.29 is 4.79 Å². The van der Waals surface area contributed by atoms with Crippen molar-refractivity contribution in [2.45, 2.75) is 13.0 Å². The number of aromatic nitrogens is 1. The van der Waals surface area contributed by atoms with Crippen LogP contribution in [0.1, 0.15) is 17.4 Å². The van der Waals surface area contributed by atoms with E-state index in [-0.39, 0.29) is 22.8 Å². The van der Waals surface area contributed by atoms with Crippen LogP contribution in [-0.4, -0.2) is 42.5 Å². The minimum absolute atomic E-state index is 0.00866. The molecule has 1 aromatic heterocycles. The van der Waals surface area contributed by atoms with Gasteiger partial charge in [-0.1, -0.05) is 23.2 Å². The number of rotatable bonds is 4. The highest BCUT2D eigenvalue weighted by Gasteiger charge is 2.15. The monoisotopic (exact) mass is 275 g/mol. The molecule has 17 heavy (non-hydrogen) atoms. The summed E-state index contributed by atoms with van der Waals surface area (Å²) in [6.45, 7) is 2.65. The van der Waals surface area contributed by atoms with Crippen molar-refractivity contribution in [1.29, 1.82) is 0 Å². The lowest BCUT2D eigenvalue weighted by Gasteiger charge is -2.18. The van der Waals surface area contributed by atoms with Gasteiger partial charge in [-0.25, -0.2) is 4.98 Å². The first-order valence-electron chi connectivity index (χ1n) is 5.17. The van der Waals surface area contributed by atoms with E-state index in [1.807, 2.05) is 25.9 Å². The fourth-order valence-electron chi connectivity index (χ4n) is 1.46. The van der Waals surface area contributed by atoms with E-state index in [4.69, 9.17) is 23.2 Å². The van der Waals surface area contributed by atoms with Gasteiger partial charge in [0.1, 0.15) is 10.8 Å². The molecule has 6 heteroatoms. The van der Waals surface area contributed by atoms with Crippen molar-refractivity contribution in [3.05, 3.63) is 28.0 Å². The first-order valence-corrected chi connectivity index (χ1v) is 5.93. The summed E-state index contributed by atoms with van der Waals surface area (Å²) in [5.74, 6) is -0.313. The molecule has 1 rings (SSSR count). The number of hydrogen-bond donors (Lipinski definition) is 1. The van der Waals surface area contributed by atoms with E-state index in [1.54, 1.807) is 12.1 Å². The Morgan fingerprint density at radius 1 is 1.47 bits per heavy atom. The van der Waals surface area contributed by atoms with Crippen LogP contribution >= 0.6 is 23.2 Å². The van der Waals surface area contributed by atoms with Crippen LogP contribution in [-0.2, 0) is 0 Å².